The van der Waals surface area contributed by atoms with E-state index >= 15 is 0 Å². The van der Waals surface area contributed by atoms with Crippen LogP contribution in [-0.2, 0) is 14.8 Å². The third-order valence-corrected chi connectivity index (χ3v) is 2.72. The molecule has 0 aromatic heterocycles. The lowest BCUT2D eigenvalue weighted by Crippen LogP contribution is -2.35. The Balaban J connectivity index is 4.71. The Morgan fingerprint density at radius 2 is 2.08 bits per heavy atom. The molecule has 0 N–H and O–H groups in total. The molecule has 13 heavy (non-hydrogen) atoms. The molecule has 0 bridgehead atoms. The van der Waals surface area contributed by atoms with Gasteiger partial charge in [0.25, 0.3) is 10.0 Å². The number of nitrogens with zero attached hydrogens (tertiary/aromatic N) is 1. The van der Waals surface area contributed by atoms with Gasteiger partial charge in [0.15, 0.2) is 0 Å². The summed E-state index contributed by atoms with van der Waals surface area (Å²) in [6, 6.07) is 0. The molecule has 0 spiro atoms. The Kier molecular flexibility index (Phi) is 4.47. The number of rotatable bonds is 4. The summed E-state index contributed by atoms with van der Waals surface area (Å²) >= 11 is 0. The lowest BCUT2D eigenvalue weighted by Gasteiger charge is -2.17. The van der Waals surface area contributed by atoms with E-state index in [1.54, 1.807) is 6.92 Å². The van der Waals surface area contributed by atoms with E-state index in [4.69, 9.17) is 0 Å². The van der Waals surface area contributed by atoms with Crippen molar-refractivity contribution in [3.63, 3.8) is 0 Å². The molecule has 0 heterocycles. The fraction of sp³-hybridized carbons (Fsp3) is 0.571. The second-order valence-corrected chi connectivity index (χ2v) is 3.88. The molecule has 0 unspecified atom stereocenters. The highest BCUT2D eigenvalue weighted by Gasteiger charge is 2.23. The SMILES string of the molecule is C=CS(=O)(=O)N(CC)C(=O)OCC. The van der Waals surface area contributed by atoms with Crippen LogP contribution in [0.5, 0.6) is 0 Å². The van der Waals surface area contributed by atoms with Crippen LogP contribution in [0.15, 0.2) is 12.0 Å². The predicted octanol–water partition coefficient (Wildman–Crippen LogP) is 0.938. The van der Waals surface area contributed by atoms with Gasteiger partial charge in [-0.15, -0.1) is 0 Å². The van der Waals surface area contributed by atoms with Crippen LogP contribution in [0.2, 0.25) is 0 Å². The maximum Gasteiger partial charge on any atom is 0.423 e. The van der Waals surface area contributed by atoms with Gasteiger partial charge in [-0.1, -0.05) is 6.58 Å². The first-order chi connectivity index (χ1) is 5.99. The van der Waals surface area contributed by atoms with Gasteiger partial charge < -0.3 is 4.74 Å². The summed E-state index contributed by atoms with van der Waals surface area (Å²) in [6.45, 7) is 6.43. The van der Waals surface area contributed by atoms with Crippen LogP contribution >= 0.6 is 0 Å². The lowest BCUT2D eigenvalue weighted by molar-refractivity contribution is 0.132. The van der Waals surface area contributed by atoms with Crippen molar-refractivity contribution in [3.05, 3.63) is 12.0 Å². The fourth-order valence-electron chi connectivity index (χ4n) is 0.698. The monoisotopic (exact) mass is 207 g/mol. The summed E-state index contributed by atoms with van der Waals surface area (Å²) in [6.07, 6.45) is -0.870. The first kappa shape index (κ1) is 12.0. The van der Waals surface area contributed by atoms with Gasteiger partial charge in [0.2, 0.25) is 0 Å². The van der Waals surface area contributed by atoms with Crippen molar-refractivity contribution in [2.24, 2.45) is 0 Å². The van der Waals surface area contributed by atoms with Crippen molar-refractivity contribution in [2.75, 3.05) is 13.2 Å². The number of amides is 1. The number of hydrogen-bond donors (Lipinski definition) is 0. The summed E-state index contributed by atoms with van der Waals surface area (Å²) in [5.74, 6) is 0. The molecule has 0 aliphatic heterocycles. The average Bonchev–Trinajstić information content (AvgIpc) is 2.05. The van der Waals surface area contributed by atoms with Gasteiger partial charge in [0, 0.05) is 12.0 Å². The van der Waals surface area contributed by atoms with Crippen LogP contribution in [0.25, 0.3) is 0 Å². The Labute approximate surface area is 78.0 Å². The Bertz CT molecular complexity index is 283. The van der Waals surface area contributed by atoms with Crippen LogP contribution in [-0.4, -0.2) is 32.0 Å². The first-order valence-corrected chi connectivity index (χ1v) is 5.31. The van der Waals surface area contributed by atoms with Crippen LogP contribution < -0.4 is 0 Å². The normalized spacial score (nSPS) is 10.6. The van der Waals surface area contributed by atoms with Gasteiger partial charge in [0.05, 0.1) is 6.61 Å². The van der Waals surface area contributed by atoms with E-state index in [2.05, 4.69) is 11.3 Å². The van der Waals surface area contributed by atoms with Gasteiger partial charge in [-0.2, -0.15) is 0 Å². The highest BCUT2D eigenvalue weighted by atomic mass is 32.2. The van der Waals surface area contributed by atoms with Gasteiger partial charge in [-0.05, 0) is 13.8 Å². The van der Waals surface area contributed by atoms with E-state index in [0.29, 0.717) is 9.71 Å². The van der Waals surface area contributed by atoms with Gasteiger partial charge in [0.1, 0.15) is 0 Å². The fourth-order valence-corrected chi connectivity index (χ4v) is 1.50. The van der Waals surface area contributed by atoms with Crippen LogP contribution in [0.1, 0.15) is 13.8 Å². The summed E-state index contributed by atoms with van der Waals surface area (Å²) in [4.78, 5) is 11.1. The molecule has 5 nitrogen and oxygen atoms in total. The van der Waals surface area contributed by atoms with E-state index < -0.39 is 16.1 Å². The van der Waals surface area contributed by atoms with E-state index in [9.17, 15) is 13.2 Å². The van der Waals surface area contributed by atoms with E-state index in [-0.39, 0.29) is 13.2 Å². The summed E-state index contributed by atoms with van der Waals surface area (Å²) in [5.41, 5.74) is 0. The highest BCUT2D eigenvalue weighted by Crippen LogP contribution is 2.04. The highest BCUT2D eigenvalue weighted by molar-refractivity contribution is 7.92. The van der Waals surface area contributed by atoms with Gasteiger partial charge in [-0.3, -0.25) is 0 Å². The zero-order valence-electron chi connectivity index (χ0n) is 7.69. The molecule has 0 aliphatic carbocycles. The Morgan fingerprint density at radius 3 is 2.38 bits per heavy atom. The first-order valence-electron chi connectivity index (χ1n) is 3.81. The summed E-state index contributed by atoms with van der Waals surface area (Å²) in [7, 11) is -3.71. The molecule has 0 fully saturated rings. The molecule has 0 aliphatic rings. The van der Waals surface area contributed by atoms with Crippen molar-refractivity contribution >= 4 is 16.1 Å². The second kappa shape index (κ2) is 4.86. The van der Waals surface area contributed by atoms with Crippen molar-refractivity contribution in [2.45, 2.75) is 13.8 Å². The lowest BCUT2D eigenvalue weighted by atomic mass is 10.7. The molecule has 0 saturated heterocycles. The molecule has 0 rings (SSSR count). The minimum absolute atomic E-state index is 0.0349. The zero-order chi connectivity index (χ0) is 10.5. The van der Waals surface area contributed by atoms with Crippen LogP contribution in [0, 0.1) is 0 Å². The largest absolute Gasteiger partial charge is 0.449 e. The number of ether oxygens (including phenoxy) is 1. The predicted molar refractivity (Wildman–Crippen MR) is 48.5 cm³/mol. The van der Waals surface area contributed by atoms with Gasteiger partial charge >= 0.3 is 6.09 Å². The smallest absolute Gasteiger partial charge is 0.423 e. The number of sulfonamides is 1. The molecule has 0 aromatic rings. The molecule has 0 radical (unpaired) electrons. The molecule has 0 atom stereocenters. The Morgan fingerprint density at radius 1 is 1.54 bits per heavy atom. The molecular formula is C7H13NO4S. The third kappa shape index (κ3) is 3.06. The summed E-state index contributed by atoms with van der Waals surface area (Å²) < 4.78 is 27.5. The summed E-state index contributed by atoms with van der Waals surface area (Å²) in [5, 5.41) is 0.716. The van der Waals surface area contributed by atoms with Crippen LogP contribution in [0.4, 0.5) is 4.79 Å². The minimum atomic E-state index is -3.71. The molecule has 6 heteroatoms. The molecule has 0 saturated carbocycles. The topological polar surface area (TPSA) is 63.7 Å². The maximum absolute atomic E-state index is 11.2. The van der Waals surface area contributed by atoms with Crippen LogP contribution in [0.3, 0.4) is 0 Å². The van der Waals surface area contributed by atoms with Crippen molar-refractivity contribution < 1.29 is 17.9 Å². The molecule has 76 valence electrons. The second-order valence-electron chi connectivity index (χ2n) is 2.08. The van der Waals surface area contributed by atoms with E-state index in [1.807, 2.05) is 0 Å². The number of carbonyl (C=O) groups excluding carboxylic acids is 1. The zero-order valence-corrected chi connectivity index (χ0v) is 8.50. The quantitative estimate of drug-likeness (QED) is 0.688. The minimum Gasteiger partial charge on any atom is -0.449 e. The van der Waals surface area contributed by atoms with E-state index in [0.717, 1.165) is 0 Å². The third-order valence-electron chi connectivity index (χ3n) is 1.28. The average molecular weight is 207 g/mol. The van der Waals surface area contributed by atoms with Gasteiger partial charge in [-0.25, -0.2) is 17.5 Å². The van der Waals surface area contributed by atoms with E-state index in [1.165, 1.54) is 6.92 Å². The van der Waals surface area contributed by atoms with Crippen molar-refractivity contribution in [1.29, 1.82) is 0 Å². The standard InChI is InChI=1S/C7H13NO4S/c1-4-8(7(9)12-5-2)13(10,11)6-3/h6H,3-5H2,1-2H3. The number of hydrogen-bond acceptors (Lipinski definition) is 4. The Hall–Kier alpha value is -1.04. The number of carbonyl (C=O) groups is 1. The molecular weight excluding hydrogens is 194 g/mol. The molecule has 1 amide bonds. The maximum atomic E-state index is 11.2. The van der Waals surface area contributed by atoms with Crippen molar-refractivity contribution in [3.8, 4) is 0 Å². The molecule has 0 aromatic carbocycles. The van der Waals surface area contributed by atoms with Crippen molar-refractivity contribution in [1.82, 2.24) is 4.31 Å².